The molecular formula is C18H21N3O5. The molecule has 138 valence electrons. The van der Waals surface area contributed by atoms with Gasteiger partial charge < -0.3 is 15.4 Å². The van der Waals surface area contributed by atoms with Gasteiger partial charge in [-0.2, -0.15) is 0 Å². The van der Waals surface area contributed by atoms with Crippen LogP contribution in [-0.2, 0) is 32.0 Å². The van der Waals surface area contributed by atoms with Crippen molar-refractivity contribution in [3.05, 3.63) is 29.3 Å². The number of anilines is 1. The van der Waals surface area contributed by atoms with E-state index in [9.17, 15) is 19.2 Å². The van der Waals surface area contributed by atoms with Gasteiger partial charge in [0.2, 0.25) is 0 Å². The summed E-state index contributed by atoms with van der Waals surface area (Å²) in [4.78, 5) is 46.5. The lowest BCUT2D eigenvalue weighted by Gasteiger charge is -2.14. The third-order valence-electron chi connectivity index (χ3n) is 4.54. The van der Waals surface area contributed by atoms with E-state index in [0.717, 1.165) is 19.3 Å². The molecular weight excluding hydrogens is 338 g/mol. The maximum Gasteiger partial charge on any atom is 0.322 e. The molecule has 4 amide bonds. The number of nitrogens with one attached hydrogen (secondary N) is 3. The van der Waals surface area contributed by atoms with Crippen molar-refractivity contribution in [2.45, 2.75) is 51.2 Å². The van der Waals surface area contributed by atoms with Crippen LogP contribution in [0.25, 0.3) is 0 Å². The van der Waals surface area contributed by atoms with Gasteiger partial charge in [0.15, 0.2) is 6.10 Å². The fraction of sp³-hybridized carbons (Fsp3) is 0.444. The van der Waals surface area contributed by atoms with Crippen LogP contribution in [0, 0.1) is 0 Å². The topological polar surface area (TPSA) is 114 Å². The van der Waals surface area contributed by atoms with E-state index in [2.05, 4.69) is 16.0 Å². The van der Waals surface area contributed by atoms with E-state index < -0.39 is 36.0 Å². The molecule has 0 aromatic heterocycles. The Kier molecular flexibility index (Phi) is 5.20. The van der Waals surface area contributed by atoms with Crippen molar-refractivity contribution < 1.29 is 23.9 Å². The number of hydrogen-bond acceptors (Lipinski definition) is 5. The van der Waals surface area contributed by atoms with E-state index in [4.69, 9.17) is 4.74 Å². The fourth-order valence-electron chi connectivity index (χ4n) is 3.13. The number of carbonyl (C=O) groups is 4. The largest absolute Gasteiger partial charge is 0.453 e. The molecule has 1 aromatic carbocycles. The van der Waals surface area contributed by atoms with Crippen molar-refractivity contribution >= 4 is 29.5 Å². The van der Waals surface area contributed by atoms with Crippen LogP contribution in [0.2, 0.25) is 0 Å². The number of rotatable bonds is 6. The maximum atomic E-state index is 12.2. The van der Waals surface area contributed by atoms with Crippen LogP contribution >= 0.6 is 0 Å². The molecule has 0 saturated carbocycles. The standard InChI is InChI=1S/C18H21N3O5/c1-10(26-15(22)8-7-14-17(24)21-18(25)20-14)16(23)19-13-6-5-11-3-2-4-12(11)9-13/h5-6,9-10,14H,2-4,7-8H2,1H3,(H,19,23)(H2,20,21,24,25)/t10-,14-/m0/s1. The zero-order valence-corrected chi connectivity index (χ0v) is 14.5. The summed E-state index contributed by atoms with van der Waals surface area (Å²) in [7, 11) is 0. The van der Waals surface area contributed by atoms with Crippen LogP contribution in [0.1, 0.15) is 37.3 Å². The highest BCUT2D eigenvalue weighted by molar-refractivity contribution is 6.04. The first-order chi connectivity index (χ1) is 12.4. The molecule has 8 heteroatoms. The Morgan fingerprint density at radius 2 is 2.04 bits per heavy atom. The predicted octanol–water partition coefficient (Wildman–Crippen LogP) is 1.03. The van der Waals surface area contributed by atoms with Crippen molar-refractivity contribution in [2.75, 3.05) is 5.32 Å². The highest BCUT2D eigenvalue weighted by Gasteiger charge is 2.30. The number of amides is 4. The molecule has 8 nitrogen and oxygen atoms in total. The first kappa shape index (κ1) is 17.9. The molecule has 1 fully saturated rings. The second-order valence-corrected chi connectivity index (χ2v) is 6.51. The van der Waals surface area contributed by atoms with E-state index in [1.807, 2.05) is 18.2 Å². The number of ether oxygens (including phenoxy) is 1. The number of benzene rings is 1. The van der Waals surface area contributed by atoms with Gasteiger partial charge in [0.25, 0.3) is 11.8 Å². The van der Waals surface area contributed by atoms with Crippen molar-refractivity contribution in [3.8, 4) is 0 Å². The first-order valence-corrected chi connectivity index (χ1v) is 8.66. The Bertz CT molecular complexity index is 761. The first-order valence-electron chi connectivity index (χ1n) is 8.66. The molecule has 1 aromatic rings. The number of aryl methyl sites for hydroxylation is 2. The highest BCUT2D eigenvalue weighted by atomic mass is 16.5. The molecule has 0 unspecified atom stereocenters. The summed E-state index contributed by atoms with van der Waals surface area (Å²) in [6, 6.07) is 4.49. The monoisotopic (exact) mass is 359 g/mol. The SMILES string of the molecule is C[C@H](OC(=O)CC[C@@H]1NC(=O)NC1=O)C(=O)Nc1ccc2c(c1)CCC2. The normalized spacial score (nSPS) is 19.3. The van der Waals surface area contributed by atoms with Crippen LogP contribution in [0.15, 0.2) is 18.2 Å². The Morgan fingerprint density at radius 3 is 2.77 bits per heavy atom. The summed E-state index contributed by atoms with van der Waals surface area (Å²) >= 11 is 0. The van der Waals surface area contributed by atoms with Gasteiger partial charge in [-0.05, 0) is 55.9 Å². The van der Waals surface area contributed by atoms with E-state index in [1.165, 1.54) is 18.1 Å². The van der Waals surface area contributed by atoms with Gasteiger partial charge >= 0.3 is 12.0 Å². The lowest BCUT2D eigenvalue weighted by Crippen LogP contribution is -2.32. The lowest BCUT2D eigenvalue weighted by molar-refractivity contribution is -0.153. The Hall–Kier alpha value is -2.90. The molecule has 0 bridgehead atoms. The summed E-state index contributed by atoms with van der Waals surface area (Å²) in [6.45, 7) is 1.49. The average Bonchev–Trinajstić information content (AvgIpc) is 3.18. The van der Waals surface area contributed by atoms with E-state index in [1.54, 1.807) is 0 Å². The van der Waals surface area contributed by atoms with E-state index >= 15 is 0 Å². The molecule has 1 saturated heterocycles. The predicted molar refractivity (Wildman–Crippen MR) is 92.3 cm³/mol. The minimum absolute atomic E-state index is 0.0746. The van der Waals surface area contributed by atoms with Crippen LogP contribution in [0.5, 0.6) is 0 Å². The van der Waals surface area contributed by atoms with Gasteiger partial charge in [0, 0.05) is 12.1 Å². The van der Waals surface area contributed by atoms with Crippen molar-refractivity contribution in [2.24, 2.45) is 0 Å². The third-order valence-corrected chi connectivity index (χ3v) is 4.54. The van der Waals surface area contributed by atoms with Crippen molar-refractivity contribution in [1.29, 1.82) is 0 Å². The summed E-state index contributed by atoms with van der Waals surface area (Å²) < 4.78 is 5.10. The lowest BCUT2D eigenvalue weighted by atomic mass is 10.1. The number of fused-ring (bicyclic) bond motifs is 1. The number of carbonyl (C=O) groups excluding carboxylic acids is 4. The average molecular weight is 359 g/mol. The van der Waals surface area contributed by atoms with Gasteiger partial charge in [-0.15, -0.1) is 0 Å². The number of esters is 1. The van der Waals surface area contributed by atoms with Crippen molar-refractivity contribution in [3.63, 3.8) is 0 Å². The van der Waals surface area contributed by atoms with Crippen molar-refractivity contribution in [1.82, 2.24) is 10.6 Å². The second-order valence-electron chi connectivity index (χ2n) is 6.51. The molecule has 2 aliphatic rings. The van der Waals surface area contributed by atoms with E-state index in [-0.39, 0.29) is 12.8 Å². The van der Waals surface area contributed by atoms with Crippen LogP contribution < -0.4 is 16.0 Å². The zero-order valence-electron chi connectivity index (χ0n) is 14.5. The third kappa shape index (κ3) is 4.19. The second kappa shape index (κ2) is 7.55. The van der Waals surface area contributed by atoms with Gasteiger partial charge in [-0.25, -0.2) is 4.79 Å². The molecule has 3 rings (SSSR count). The fourth-order valence-corrected chi connectivity index (χ4v) is 3.13. The molecule has 1 heterocycles. The molecule has 0 spiro atoms. The minimum Gasteiger partial charge on any atom is -0.453 e. The quantitative estimate of drug-likeness (QED) is 0.519. The Balaban J connectivity index is 1.45. The number of imide groups is 1. The van der Waals surface area contributed by atoms with Gasteiger partial charge in [0.1, 0.15) is 6.04 Å². The van der Waals surface area contributed by atoms with Crippen LogP contribution in [-0.4, -0.2) is 36.0 Å². The molecule has 3 N–H and O–H groups in total. The summed E-state index contributed by atoms with van der Waals surface area (Å²) in [5, 5.41) is 7.24. The summed E-state index contributed by atoms with van der Waals surface area (Å²) in [6.07, 6.45) is 2.29. The molecule has 1 aliphatic heterocycles. The van der Waals surface area contributed by atoms with Crippen LogP contribution in [0.4, 0.5) is 10.5 Å². The molecule has 2 atom stereocenters. The Morgan fingerprint density at radius 1 is 1.27 bits per heavy atom. The van der Waals surface area contributed by atoms with Gasteiger partial charge in [-0.3, -0.25) is 19.7 Å². The van der Waals surface area contributed by atoms with Gasteiger partial charge in [0.05, 0.1) is 0 Å². The zero-order chi connectivity index (χ0) is 18.7. The Labute approximate surface area is 150 Å². The number of hydrogen-bond donors (Lipinski definition) is 3. The number of urea groups is 1. The molecule has 1 aliphatic carbocycles. The van der Waals surface area contributed by atoms with E-state index in [0.29, 0.717) is 5.69 Å². The highest BCUT2D eigenvalue weighted by Crippen LogP contribution is 2.25. The van der Waals surface area contributed by atoms with Gasteiger partial charge in [-0.1, -0.05) is 6.07 Å². The summed E-state index contributed by atoms with van der Waals surface area (Å²) in [5.74, 6) is -1.48. The molecule has 26 heavy (non-hydrogen) atoms. The van der Waals surface area contributed by atoms with Crippen LogP contribution in [0.3, 0.4) is 0 Å². The minimum atomic E-state index is -0.956. The summed E-state index contributed by atoms with van der Waals surface area (Å²) in [5.41, 5.74) is 3.23. The smallest absolute Gasteiger partial charge is 0.322 e. The molecule has 0 radical (unpaired) electrons. The maximum absolute atomic E-state index is 12.2.